The lowest BCUT2D eigenvalue weighted by molar-refractivity contribution is 0.0692. The maximum atomic E-state index is 10.9. The van der Waals surface area contributed by atoms with Crippen LogP contribution in [0.1, 0.15) is 34.3 Å². The molecule has 2 rings (SSSR count). The quantitative estimate of drug-likeness (QED) is 0.770. The summed E-state index contributed by atoms with van der Waals surface area (Å²) in [4.78, 5) is 10.9. The van der Waals surface area contributed by atoms with Gasteiger partial charge in [-0.2, -0.15) is 0 Å². The molecule has 2 N–H and O–H groups in total. The van der Waals surface area contributed by atoms with Crippen LogP contribution in [0, 0.1) is 0 Å². The third kappa shape index (κ3) is 1.47. The van der Waals surface area contributed by atoms with Gasteiger partial charge in [0.15, 0.2) is 0 Å². The minimum Gasteiger partial charge on any atom is -0.492 e. The Bertz CT molecular complexity index is 411. The molecular weight excluding hydrogens is 196 g/mol. The Balaban J connectivity index is 2.60. The molecule has 0 spiro atoms. The fourth-order valence-electron chi connectivity index (χ4n) is 1.86. The summed E-state index contributed by atoms with van der Waals surface area (Å²) < 4.78 is 5.40. The molecule has 0 saturated heterocycles. The fraction of sp³-hybridized carbons (Fsp3) is 0.364. The first-order valence-corrected chi connectivity index (χ1v) is 4.78. The summed E-state index contributed by atoms with van der Waals surface area (Å²) in [6.07, 6.45) is 0. The number of carboxylic acid groups (broad SMARTS) is 1. The zero-order valence-electron chi connectivity index (χ0n) is 8.36. The summed E-state index contributed by atoms with van der Waals surface area (Å²) in [6, 6.07) is 3.29. The molecule has 1 aliphatic rings. The Labute approximate surface area is 87.1 Å². The number of carboxylic acids is 1. The summed E-state index contributed by atoms with van der Waals surface area (Å²) >= 11 is 0. The van der Waals surface area contributed by atoms with Crippen molar-refractivity contribution in [2.75, 3.05) is 6.61 Å². The highest BCUT2D eigenvalue weighted by molar-refractivity contribution is 5.90. The molecule has 0 fully saturated rings. The van der Waals surface area contributed by atoms with E-state index in [-0.39, 0.29) is 18.1 Å². The number of hydrogen-bond donors (Lipinski definition) is 2. The van der Waals surface area contributed by atoms with Gasteiger partial charge in [0, 0.05) is 17.0 Å². The van der Waals surface area contributed by atoms with Crippen LogP contribution in [-0.4, -0.2) is 22.8 Å². The highest BCUT2D eigenvalue weighted by Gasteiger charge is 2.26. The van der Waals surface area contributed by atoms with Gasteiger partial charge in [0.1, 0.15) is 5.75 Å². The van der Waals surface area contributed by atoms with E-state index < -0.39 is 5.97 Å². The number of fused-ring (bicyclic) bond motifs is 1. The third-order valence-corrected chi connectivity index (χ3v) is 2.69. The first-order chi connectivity index (χ1) is 7.15. The number of hydrogen-bond acceptors (Lipinski definition) is 3. The minimum atomic E-state index is -1.04. The molecule has 1 aliphatic heterocycles. The van der Waals surface area contributed by atoms with Gasteiger partial charge in [0.05, 0.1) is 18.8 Å². The summed E-state index contributed by atoms with van der Waals surface area (Å²) in [5.41, 5.74) is 1.47. The van der Waals surface area contributed by atoms with Crippen molar-refractivity contribution in [2.45, 2.75) is 19.4 Å². The number of aliphatic hydroxyl groups is 1. The van der Waals surface area contributed by atoms with Gasteiger partial charge >= 0.3 is 5.97 Å². The second-order valence-corrected chi connectivity index (χ2v) is 3.69. The Morgan fingerprint density at radius 2 is 2.33 bits per heavy atom. The number of aromatic carboxylic acids is 1. The Kier molecular flexibility index (Phi) is 2.36. The van der Waals surface area contributed by atoms with E-state index in [0.717, 1.165) is 5.56 Å². The highest BCUT2D eigenvalue weighted by atomic mass is 16.5. The molecule has 1 aromatic carbocycles. The van der Waals surface area contributed by atoms with E-state index in [1.165, 1.54) is 6.07 Å². The average Bonchev–Trinajstić information content (AvgIpc) is 2.59. The largest absolute Gasteiger partial charge is 0.492 e. The van der Waals surface area contributed by atoms with Crippen molar-refractivity contribution in [1.82, 2.24) is 0 Å². The lowest BCUT2D eigenvalue weighted by Gasteiger charge is -2.08. The molecule has 1 unspecified atom stereocenters. The van der Waals surface area contributed by atoms with E-state index in [4.69, 9.17) is 9.84 Å². The summed E-state index contributed by atoms with van der Waals surface area (Å²) in [7, 11) is 0. The summed E-state index contributed by atoms with van der Waals surface area (Å²) in [5.74, 6) is -0.233. The van der Waals surface area contributed by atoms with Gasteiger partial charge < -0.3 is 14.9 Å². The van der Waals surface area contributed by atoms with E-state index in [9.17, 15) is 9.90 Å². The van der Waals surface area contributed by atoms with Gasteiger partial charge in [-0.1, -0.05) is 13.0 Å². The van der Waals surface area contributed by atoms with Crippen LogP contribution in [-0.2, 0) is 6.61 Å². The molecule has 4 heteroatoms. The lowest BCUT2D eigenvalue weighted by Crippen LogP contribution is -2.04. The minimum absolute atomic E-state index is 0.116. The van der Waals surface area contributed by atoms with Crippen LogP contribution in [0.15, 0.2) is 12.1 Å². The van der Waals surface area contributed by atoms with Crippen LogP contribution < -0.4 is 4.74 Å². The molecule has 15 heavy (non-hydrogen) atoms. The number of rotatable bonds is 2. The van der Waals surface area contributed by atoms with Crippen molar-refractivity contribution in [3.63, 3.8) is 0 Å². The maximum absolute atomic E-state index is 10.9. The van der Waals surface area contributed by atoms with Crippen molar-refractivity contribution in [3.05, 3.63) is 28.8 Å². The fourth-order valence-corrected chi connectivity index (χ4v) is 1.86. The zero-order chi connectivity index (χ0) is 11.0. The van der Waals surface area contributed by atoms with Gasteiger partial charge in [-0.25, -0.2) is 4.79 Å². The number of aliphatic hydroxyl groups excluding tert-OH is 1. The van der Waals surface area contributed by atoms with Crippen molar-refractivity contribution in [3.8, 4) is 5.75 Å². The van der Waals surface area contributed by atoms with Crippen LogP contribution >= 0.6 is 0 Å². The average molecular weight is 208 g/mol. The van der Waals surface area contributed by atoms with Crippen molar-refractivity contribution in [2.24, 2.45) is 0 Å². The molecule has 0 saturated carbocycles. The third-order valence-electron chi connectivity index (χ3n) is 2.69. The van der Waals surface area contributed by atoms with Crippen molar-refractivity contribution >= 4 is 5.97 Å². The van der Waals surface area contributed by atoms with E-state index in [0.29, 0.717) is 17.9 Å². The van der Waals surface area contributed by atoms with E-state index in [2.05, 4.69) is 0 Å². The first-order valence-electron chi connectivity index (χ1n) is 4.78. The maximum Gasteiger partial charge on any atom is 0.336 e. The zero-order valence-corrected chi connectivity index (χ0v) is 8.36. The molecule has 0 aromatic heterocycles. The Morgan fingerprint density at radius 1 is 1.60 bits per heavy atom. The predicted octanol–water partition coefficient (Wildman–Crippen LogP) is 1.37. The van der Waals surface area contributed by atoms with Gasteiger partial charge in [0.2, 0.25) is 0 Å². The van der Waals surface area contributed by atoms with E-state index in [1.54, 1.807) is 6.07 Å². The molecular formula is C11H12O4. The molecule has 1 heterocycles. The van der Waals surface area contributed by atoms with Crippen molar-refractivity contribution < 1.29 is 19.7 Å². The highest BCUT2D eigenvalue weighted by Crippen LogP contribution is 2.38. The van der Waals surface area contributed by atoms with E-state index >= 15 is 0 Å². The van der Waals surface area contributed by atoms with Crippen LogP contribution in [0.4, 0.5) is 0 Å². The Hall–Kier alpha value is -1.55. The molecule has 0 aliphatic carbocycles. The summed E-state index contributed by atoms with van der Waals surface area (Å²) in [6.45, 7) is 2.25. The van der Waals surface area contributed by atoms with E-state index in [1.807, 2.05) is 6.92 Å². The van der Waals surface area contributed by atoms with Gasteiger partial charge in [-0.15, -0.1) is 0 Å². The van der Waals surface area contributed by atoms with Gasteiger partial charge in [-0.05, 0) is 6.07 Å². The summed E-state index contributed by atoms with van der Waals surface area (Å²) in [5, 5.41) is 18.1. The van der Waals surface area contributed by atoms with Gasteiger partial charge in [0.25, 0.3) is 0 Å². The molecule has 4 nitrogen and oxygen atoms in total. The smallest absolute Gasteiger partial charge is 0.336 e. The molecule has 0 radical (unpaired) electrons. The first kappa shape index (κ1) is 9.98. The van der Waals surface area contributed by atoms with Crippen LogP contribution in [0.3, 0.4) is 0 Å². The molecule has 1 atom stereocenters. The van der Waals surface area contributed by atoms with Crippen LogP contribution in [0.2, 0.25) is 0 Å². The SMILES string of the molecule is CC1COc2c1ccc(C(=O)O)c2CO. The Morgan fingerprint density at radius 3 is 2.93 bits per heavy atom. The second-order valence-electron chi connectivity index (χ2n) is 3.69. The molecule has 0 bridgehead atoms. The van der Waals surface area contributed by atoms with Gasteiger partial charge in [-0.3, -0.25) is 0 Å². The predicted molar refractivity (Wildman–Crippen MR) is 53.2 cm³/mol. The monoisotopic (exact) mass is 208 g/mol. The molecule has 80 valence electrons. The normalized spacial score (nSPS) is 18.4. The van der Waals surface area contributed by atoms with Crippen LogP contribution in [0.5, 0.6) is 5.75 Å². The number of benzene rings is 1. The number of ether oxygens (including phenoxy) is 1. The van der Waals surface area contributed by atoms with Crippen LogP contribution in [0.25, 0.3) is 0 Å². The molecule has 1 aromatic rings. The van der Waals surface area contributed by atoms with Crippen molar-refractivity contribution in [1.29, 1.82) is 0 Å². The molecule has 0 amide bonds. The number of carbonyl (C=O) groups is 1. The lowest BCUT2D eigenvalue weighted by atomic mass is 9.97. The topological polar surface area (TPSA) is 66.8 Å². The standard InChI is InChI=1S/C11H12O4/c1-6-5-15-10-7(6)2-3-8(11(13)14)9(10)4-12/h2-3,6,12H,4-5H2,1H3,(H,13,14). The second kappa shape index (κ2) is 3.55.